The summed E-state index contributed by atoms with van der Waals surface area (Å²) in [7, 11) is 0. The Labute approximate surface area is 154 Å². The fourth-order valence-electron chi connectivity index (χ4n) is 3.30. The van der Waals surface area contributed by atoms with E-state index in [1.807, 2.05) is 6.07 Å². The van der Waals surface area contributed by atoms with Crippen molar-refractivity contribution in [1.29, 1.82) is 0 Å². The molecule has 1 N–H and O–H groups in total. The molecule has 0 bridgehead atoms. The molecule has 1 heterocycles. The number of ether oxygens (including phenoxy) is 3. The van der Waals surface area contributed by atoms with Gasteiger partial charge in [0.05, 0.1) is 17.5 Å². The van der Waals surface area contributed by atoms with Crippen LogP contribution in [0.1, 0.15) is 44.1 Å². The van der Waals surface area contributed by atoms with Crippen molar-refractivity contribution in [3.8, 4) is 11.5 Å². The predicted molar refractivity (Wildman–Crippen MR) is 96.6 cm³/mol. The van der Waals surface area contributed by atoms with Crippen LogP contribution in [0.25, 0.3) is 0 Å². The summed E-state index contributed by atoms with van der Waals surface area (Å²) in [4.78, 5) is 12.1. The monoisotopic (exact) mass is 367 g/mol. The summed E-state index contributed by atoms with van der Waals surface area (Å²) in [5, 5.41) is 3.42. The molecule has 1 aliphatic carbocycles. The van der Waals surface area contributed by atoms with Gasteiger partial charge in [-0.25, -0.2) is 0 Å². The highest BCUT2D eigenvalue weighted by Gasteiger charge is 2.17. The van der Waals surface area contributed by atoms with Crippen LogP contribution < -0.4 is 14.8 Å². The van der Waals surface area contributed by atoms with E-state index in [9.17, 15) is 4.79 Å². The maximum atomic E-state index is 12.1. The fraction of sp³-hybridized carbons (Fsp3) is 0.632. The van der Waals surface area contributed by atoms with Gasteiger partial charge in [-0.15, -0.1) is 0 Å². The molecule has 138 valence electrons. The van der Waals surface area contributed by atoms with E-state index in [-0.39, 0.29) is 12.3 Å². The molecule has 1 aromatic carbocycles. The number of halogens is 1. The van der Waals surface area contributed by atoms with E-state index in [2.05, 4.69) is 5.32 Å². The molecule has 0 spiro atoms. The van der Waals surface area contributed by atoms with E-state index in [0.717, 1.165) is 12.0 Å². The van der Waals surface area contributed by atoms with Crippen LogP contribution in [0.2, 0.25) is 5.02 Å². The van der Waals surface area contributed by atoms with Gasteiger partial charge in [0.1, 0.15) is 13.2 Å². The second-order valence-corrected chi connectivity index (χ2v) is 7.02. The molecular formula is C19H26ClNO4. The van der Waals surface area contributed by atoms with Crippen molar-refractivity contribution in [3.05, 3.63) is 22.7 Å². The van der Waals surface area contributed by atoms with Gasteiger partial charge >= 0.3 is 0 Å². The number of nitrogens with one attached hydrogen (secondary N) is 1. The van der Waals surface area contributed by atoms with Crippen LogP contribution in [-0.4, -0.2) is 38.4 Å². The van der Waals surface area contributed by atoms with E-state index < -0.39 is 0 Å². The van der Waals surface area contributed by atoms with Gasteiger partial charge in [-0.2, -0.15) is 0 Å². The van der Waals surface area contributed by atoms with Gasteiger partial charge in [0.2, 0.25) is 5.91 Å². The highest BCUT2D eigenvalue weighted by Crippen LogP contribution is 2.38. The van der Waals surface area contributed by atoms with Crippen molar-refractivity contribution in [3.63, 3.8) is 0 Å². The van der Waals surface area contributed by atoms with Crippen molar-refractivity contribution in [2.24, 2.45) is 0 Å². The maximum absolute atomic E-state index is 12.1. The maximum Gasteiger partial charge on any atom is 0.224 e. The lowest BCUT2D eigenvalue weighted by molar-refractivity contribution is -0.120. The third-order valence-electron chi connectivity index (χ3n) is 4.57. The SMILES string of the molecule is O=C(Cc1cc(Cl)c2c(c1)OCCO2)NCCCOC1CCCCC1. The second-order valence-electron chi connectivity index (χ2n) is 6.61. The van der Waals surface area contributed by atoms with Crippen LogP contribution in [0.5, 0.6) is 11.5 Å². The molecular weight excluding hydrogens is 342 g/mol. The second kappa shape index (κ2) is 9.30. The Hall–Kier alpha value is -1.46. The first-order chi connectivity index (χ1) is 12.2. The zero-order valence-corrected chi connectivity index (χ0v) is 15.3. The smallest absolute Gasteiger partial charge is 0.224 e. The first kappa shape index (κ1) is 18.3. The summed E-state index contributed by atoms with van der Waals surface area (Å²) in [6.45, 7) is 2.33. The number of benzene rings is 1. The van der Waals surface area contributed by atoms with Gasteiger partial charge in [-0.3, -0.25) is 4.79 Å². The Bertz CT molecular complexity index is 587. The van der Waals surface area contributed by atoms with E-state index in [4.69, 9.17) is 25.8 Å². The zero-order chi connectivity index (χ0) is 17.5. The number of hydrogen-bond donors (Lipinski definition) is 1. The lowest BCUT2D eigenvalue weighted by atomic mass is 9.98. The molecule has 0 saturated heterocycles. The summed E-state index contributed by atoms with van der Waals surface area (Å²) < 4.78 is 16.9. The summed E-state index contributed by atoms with van der Waals surface area (Å²) in [5.74, 6) is 1.16. The molecule has 0 unspecified atom stereocenters. The number of amides is 1. The molecule has 1 saturated carbocycles. The van der Waals surface area contributed by atoms with Gasteiger partial charge in [-0.05, 0) is 37.0 Å². The van der Waals surface area contributed by atoms with Gasteiger partial charge < -0.3 is 19.5 Å². The molecule has 2 aliphatic rings. The molecule has 0 aromatic heterocycles. The molecule has 6 heteroatoms. The van der Waals surface area contributed by atoms with Crippen molar-refractivity contribution in [2.75, 3.05) is 26.4 Å². The van der Waals surface area contributed by atoms with Crippen molar-refractivity contribution >= 4 is 17.5 Å². The normalized spacial score (nSPS) is 17.3. The van der Waals surface area contributed by atoms with E-state index in [1.54, 1.807) is 6.07 Å². The van der Waals surface area contributed by atoms with Gasteiger partial charge in [0.15, 0.2) is 11.5 Å². The molecule has 3 rings (SSSR count). The van der Waals surface area contributed by atoms with Crippen LogP contribution in [0, 0.1) is 0 Å². The molecule has 0 atom stereocenters. The average molecular weight is 368 g/mol. The van der Waals surface area contributed by atoms with Crippen molar-refractivity contribution < 1.29 is 19.0 Å². The Kier molecular flexibility index (Phi) is 6.82. The van der Waals surface area contributed by atoms with Crippen molar-refractivity contribution in [2.45, 2.75) is 51.0 Å². The standard InChI is InChI=1S/C19H26ClNO4/c20-16-11-14(12-17-19(16)25-10-9-24-17)13-18(22)21-7-4-8-23-15-5-2-1-3-6-15/h11-12,15H,1-10,13H2,(H,21,22). The van der Waals surface area contributed by atoms with Crippen molar-refractivity contribution in [1.82, 2.24) is 5.32 Å². The Morgan fingerprint density at radius 1 is 1.20 bits per heavy atom. The third-order valence-corrected chi connectivity index (χ3v) is 4.85. The van der Waals surface area contributed by atoms with Gasteiger partial charge in [-0.1, -0.05) is 30.9 Å². The highest BCUT2D eigenvalue weighted by atomic mass is 35.5. The van der Waals surface area contributed by atoms with Crippen LogP contribution in [0.15, 0.2) is 12.1 Å². The number of fused-ring (bicyclic) bond motifs is 1. The summed E-state index contributed by atoms with van der Waals surface area (Å²) >= 11 is 6.20. The van der Waals surface area contributed by atoms with Gasteiger partial charge in [0.25, 0.3) is 0 Å². The van der Waals surface area contributed by atoms with E-state index >= 15 is 0 Å². The lowest BCUT2D eigenvalue weighted by Crippen LogP contribution is -2.27. The fourth-order valence-corrected chi connectivity index (χ4v) is 3.58. The quantitative estimate of drug-likeness (QED) is 0.749. The molecule has 1 aromatic rings. The first-order valence-corrected chi connectivity index (χ1v) is 9.56. The number of hydrogen-bond acceptors (Lipinski definition) is 4. The molecule has 25 heavy (non-hydrogen) atoms. The Balaban J connectivity index is 1.37. The van der Waals surface area contributed by atoms with Crippen LogP contribution in [0.3, 0.4) is 0 Å². The minimum atomic E-state index is -0.0228. The number of carbonyl (C=O) groups excluding carboxylic acids is 1. The summed E-state index contributed by atoms with van der Waals surface area (Å²) in [5.41, 5.74) is 0.824. The topological polar surface area (TPSA) is 56.8 Å². The van der Waals surface area contributed by atoms with Gasteiger partial charge in [0, 0.05) is 13.2 Å². The van der Waals surface area contributed by atoms with Crippen LogP contribution in [0.4, 0.5) is 0 Å². The minimum Gasteiger partial charge on any atom is -0.486 e. The summed E-state index contributed by atoms with van der Waals surface area (Å²) in [6.07, 6.45) is 7.78. The molecule has 5 nitrogen and oxygen atoms in total. The molecule has 1 aliphatic heterocycles. The molecule has 0 radical (unpaired) electrons. The Morgan fingerprint density at radius 2 is 2.00 bits per heavy atom. The minimum absolute atomic E-state index is 0.0228. The summed E-state index contributed by atoms with van der Waals surface area (Å²) in [6, 6.07) is 3.59. The lowest BCUT2D eigenvalue weighted by Gasteiger charge is -2.22. The molecule has 1 amide bonds. The predicted octanol–water partition coefficient (Wildman–Crippen LogP) is 3.51. The zero-order valence-electron chi connectivity index (χ0n) is 14.5. The highest BCUT2D eigenvalue weighted by molar-refractivity contribution is 6.32. The van der Waals surface area contributed by atoms with Crippen LogP contribution >= 0.6 is 11.6 Å². The number of carbonyl (C=O) groups is 1. The van der Waals surface area contributed by atoms with E-state index in [1.165, 1.54) is 32.1 Å². The van der Waals surface area contributed by atoms with E-state index in [0.29, 0.717) is 49.0 Å². The third kappa shape index (κ3) is 5.51. The van der Waals surface area contributed by atoms with Crippen LogP contribution in [-0.2, 0) is 16.0 Å². The Morgan fingerprint density at radius 3 is 2.84 bits per heavy atom. The number of rotatable bonds is 7. The largest absolute Gasteiger partial charge is 0.486 e. The first-order valence-electron chi connectivity index (χ1n) is 9.18. The average Bonchev–Trinajstić information content (AvgIpc) is 2.62. The molecule has 1 fully saturated rings.